The highest BCUT2D eigenvalue weighted by molar-refractivity contribution is 5.95. The van der Waals surface area contributed by atoms with Gasteiger partial charge in [0, 0.05) is 69.5 Å². The molecule has 4 aliphatic heterocycles. The number of rotatable bonds is 6. The van der Waals surface area contributed by atoms with E-state index in [1.807, 2.05) is 35.2 Å². The number of halogens is 6. The molecule has 7 nitrogen and oxygen atoms in total. The van der Waals surface area contributed by atoms with Crippen LogP contribution >= 0.6 is 0 Å². The molecule has 0 spiro atoms. The molecule has 0 saturated carbocycles. The van der Waals surface area contributed by atoms with Crippen LogP contribution in [0.15, 0.2) is 48.5 Å². The van der Waals surface area contributed by atoms with Gasteiger partial charge in [-0.3, -0.25) is 19.4 Å². The van der Waals surface area contributed by atoms with E-state index >= 15 is 0 Å². The second kappa shape index (κ2) is 14.4. The van der Waals surface area contributed by atoms with Crippen LogP contribution in [0.2, 0.25) is 0 Å². The Morgan fingerprint density at radius 3 is 1.98 bits per heavy atom. The molecule has 0 aromatic heterocycles. The highest BCUT2D eigenvalue weighted by Crippen LogP contribution is 2.37. The molecular formula is C35H43F6N5O2. The van der Waals surface area contributed by atoms with Crippen LogP contribution in [0.1, 0.15) is 65.6 Å². The number of nitrogens with one attached hydrogen (secondary N) is 1. The van der Waals surface area contributed by atoms with E-state index in [0.29, 0.717) is 37.4 Å². The van der Waals surface area contributed by atoms with Crippen LogP contribution in [0.5, 0.6) is 0 Å². The lowest BCUT2D eigenvalue weighted by Crippen LogP contribution is -2.58. The third kappa shape index (κ3) is 8.00. The van der Waals surface area contributed by atoms with Crippen molar-refractivity contribution in [2.75, 3.05) is 52.4 Å². The van der Waals surface area contributed by atoms with Crippen molar-refractivity contribution in [1.29, 1.82) is 0 Å². The average Bonchev–Trinajstić information content (AvgIpc) is 3.58. The van der Waals surface area contributed by atoms with Gasteiger partial charge in [0.1, 0.15) is 0 Å². The van der Waals surface area contributed by atoms with E-state index in [4.69, 9.17) is 0 Å². The molecule has 2 amide bonds. The summed E-state index contributed by atoms with van der Waals surface area (Å²) in [6.07, 6.45) is -4.47. The van der Waals surface area contributed by atoms with Crippen molar-refractivity contribution >= 4 is 11.8 Å². The Balaban J connectivity index is 1.12. The lowest BCUT2D eigenvalue weighted by molar-refractivity contribution is -0.143. The molecule has 0 radical (unpaired) electrons. The number of piperidine rings is 2. The quantitative estimate of drug-likeness (QED) is 0.421. The molecule has 4 unspecified atom stereocenters. The van der Waals surface area contributed by atoms with Crippen LogP contribution in [0.3, 0.4) is 0 Å². The van der Waals surface area contributed by atoms with Gasteiger partial charge in [-0.05, 0) is 68.8 Å². The molecule has 0 bridgehead atoms. The van der Waals surface area contributed by atoms with Gasteiger partial charge in [-0.1, -0.05) is 36.8 Å². The van der Waals surface area contributed by atoms with E-state index in [1.54, 1.807) is 0 Å². The normalized spacial score (nSPS) is 26.5. The van der Waals surface area contributed by atoms with Gasteiger partial charge in [0.05, 0.1) is 17.2 Å². The van der Waals surface area contributed by atoms with Crippen molar-refractivity contribution in [2.45, 2.75) is 81.5 Å². The van der Waals surface area contributed by atoms with Crippen LogP contribution in [0.4, 0.5) is 26.3 Å². The third-order valence-electron chi connectivity index (χ3n) is 10.6. The minimum absolute atomic E-state index is 0.0546. The summed E-state index contributed by atoms with van der Waals surface area (Å²) in [5.41, 5.74) is -2.65. The number of likely N-dealkylation sites (tertiary alicyclic amines) is 2. The molecule has 4 aliphatic rings. The number of benzene rings is 2. The molecule has 6 rings (SSSR count). The summed E-state index contributed by atoms with van der Waals surface area (Å²) in [6.45, 7) is 5.95. The molecular weight excluding hydrogens is 636 g/mol. The predicted octanol–water partition coefficient (Wildman–Crippen LogP) is 5.30. The number of piperazine rings is 1. The van der Waals surface area contributed by atoms with Crippen LogP contribution in [-0.4, -0.2) is 108 Å². The minimum Gasteiger partial charge on any atom is -0.340 e. The summed E-state index contributed by atoms with van der Waals surface area (Å²) < 4.78 is 81.6. The maximum atomic E-state index is 13.7. The lowest BCUT2D eigenvalue weighted by Gasteiger charge is -2.47. The summed E-state index contributed by atoms with van der Waals surface area (Å²) in [7, 11) is 0. The number of hydrogen-bond donors (Lipinski definition) is 1. The van der Waals surface area contributed by atoms with Gasteiger partial charge in [-0.2, -0.15) is 26.3 Å². The molecule has 2 aromatic rings. The van der Waals surface area contributed by atoms with E-state index in [-0.39, 0.29) is 30.6 Å². The topological polar surface area (TPSA) is 59.1 Å². The van der Waals surface area contributed by atoms with Crippen molar-refractivity contribution in [3.05, 3.63) is 70.8 Å². The summed E-state index contributed by atoms with van der Waals surface area (Å²) in [5, 5.41) is 3.36. The van der Waals surface area contributed by atoms with Crippen molar-refractivity contribution in [3.8, 4) is 0 Å². The molecule has 4 heterocycles. The lowest BCUT2D eigenvalue weighted by atomic mass is 9.90. The average molecular weight is 680 g/mol. The van der Waals surface area contributed by atoms with E-state index in [0.717, 1.165) is 77.1 Å². The number of carbonyl (C=O) groups excluding carboxylic acids is 2. The van der Waals surface area contributed by atoms with Gasteiger partial charge in [-0.15, -0.1) is 0 Å². The van der Waals surface area contributed by atoms with Gasteiger partial charge < -0.3 is 15.1 Å². The molecule has 0 aliphatic carbocycles. The predicted molar refractivity (Wildman–Crippen MR) is 168 cm³/mol. The van der Waals surface area contributed by atoms with Gasteiger partial charge in [0.15, 0.2) is 0 Å². The van der Waals surface area contributed by atoms with E-state index in [9.17, 15) is 35.9 Å². The highest BCUT2D eigenvalue weighted by atomic mass is 19.4. The summed E-state index contributed by atoms with van der Waals surface area (Å²) in [5.74, 6) is -0.610. The Kier molecular flexibility index (Phi) is 10.4. The molecule has 4 atom stereocenters. The van der Waals surface area contributed by atoms with Gasteiger partial charge in [0.2, 0.25) is 5.91 Å². The number of nitrogens with zero attached hydrogens (tertiary/aromatic N) is 4. The summed E-state index contributed by atoms with van der Waals surface area (Å²) in [6, 6.07) is 10.5. The van der Waals surface area contributed by atoms with Crippen molar-refractivity contribution in [3.63, 3.8) is 0 Å². The smallest absolute Gasteiger partial charge is 0.340 e. The Hall–Kier alpha value is -3.16. The SMILES string of the molecule is O=C(C1CCCCN1)N1CCC(N2CCN(C3CCN(C(=O)c4cc(C(F)(F)F)cc(C(F)(F)F)c4)C(Cc4ccccc4)C3)CC2)C1. The van der Waals surface area contributed by atoms with E-state index in [2.05, 4.69) is 15.1 Å². The second-order valence-corrected chi connectivity index (χ2v) is 13.6. The number of carbonyl (C=O) groups is 2. The molecule has 13 heteroatoms. The Labute approximate surface area is 277 Å². The largest absolute Gasteiger partial charge is 0.416 e. The number of hydrogen-bond acceptors (Lipinski definition) is 5. The fraction of sp³-hybridized carbons (Fsp3) is 0.600. The van der Waals surface area contributed by atoms with Gasteiger partial charge in [0.25, 0.3) is 5.91 Å². The van der Waals surface area contributed by atoms with Gasteiger partial charge >= 0.3 is 12.4 Å². The summed E-state index contributed by atoms with van der Waals surface area (Å²) >= 11 is 0. The number of amides is 2. The number of alkyl halides is 6. The Morgan fingerprint density at radius 1 is 0.750 bits per heavy atom. The minimum atomic E-state index is -5.03. The van der Waals surface area contributed by atoms with Crippen LogP contribution < -0.4 is 5.32 Å². The Bertz CT molecular complexity index is 1390. The molecule has 4 saturated heterocycles. The van der Waals surface area contributed by atoms with Crippen LogP contribution in [0.25, 0.3) is 0 Å². The second-order valence-electron chi connectivity index (χ2n) is 13.6. The van der Waals surface area contributed by atoms with E-state index < -0.39 is 41.0 Å². The molecule has 48 heavy (non-hydrogen) atoms. The fourth-order valence-corrected chi connectivity index (χ4v) is 7.94. The molecule has 1 N–H and O–H groups in total. The van der Waals surface area contributed by atoms with Crippen LogP contribution in [-0.2, 0) is 23.6 Å². The first-order valence-corrected chi connectivity index (χ1v) is 17.0. The molecule has 262 valence electrons. The maximum absolute atomic E-state index is 13.7. The zero-order chi connectivity index (χ0) is 34.1. The van der Waals surface area contributed by atoms with Crippen molar-refractivity contribution < 1.29 is 35.9 Å². The fourth-order valence-electron chi connectivity index (χ4n) is 7.94. The van der Waals surface area contributed by atoms with Crippen LogP contribution in [0, 0.1) is 0 Å². The van der Waals surface area contributed by atoms with E-state index in [1.165, 1.54) is 4.90 Å². The van der Waals surface area contributed by atoms with Crippen molar-refractivity contribution in [2.24, 2.45) is 0 Å². The monoisotopic (exact) mass is 679 g/mol. The molecule has 2 aromatic carbocycles. The Morgan fingerprint density at radius 2 is 1.38 bits per heavy atom. The zero-order valence-electron chi connectivity index (χ0n) is 26.9. The highest BCUT2D eigenvalue weighted by Gasteiger charge is 2.41. The summed E-state index contributed by atoms with van der Waals surface area (Å²) in [4.78, 5) is 35.1. The third-order valence-corrected chi connectivity index (χ3v) is 10.6. The first kappa shape index (κ1) is 34.7. The first-order valence-electron chi connectivity index (χ1n) is 17.0. The molecule has 4 fully saturated rings. The first-order chi connectivity index (χ1) is 22.9. The van der Waals surface area contributed by atoms with Crippen molar-refractivity contribution in [1.82, 2.24) is 24.9 Å². The maximum Gasteiger partial charge on any atom is 0.416 e. The standard InChI is InChI=1S/C35H43F6N5O2/c36-34(37,38)26-19-25(20-27(21-26)35(39,40)41)32(47)46-13-10-28(22-30(46)18-24-6-2-1-3-7-24)43-14-16-44(17-15-43)29-9-12-45(23-29)33(48)31-8-4-5-11-42-31/h1-3,6-7,19-21,28-31,42H,4-5,8-18,22-23H2. The zero-order valence-corrected chi connectivity index (χ0v) is 26.9. The van der Waals surface area contributed by atoms with Gasteiger partial charge in [-0.25, -0.2) is 0 Å².